The first-order valence-electron chi connectivity index (χ1n) is 3.94. The number of benzene rings is 1. The first-order valence-corrected chi connectivity index (χ1v) is 4.48. The van der Waals surface area contributed by atoms with Gasteiger partial charge in [0, 0.05) is 17.5 Å². The molecule has 4 heteroatoms. The molecule has 0 saturated heterocycles. The van der Waals surface area contributed by atoms with E-state index in [1.165, 1.54) is 19.3 Å². The van der Waals surface area contributed by atoms with Gasteiger partial charge in [0.15, 0.2) is 11.6 Å². The molecular weight excluding hydrogens is 210 g/mol. The van der Waals surface area contributed by atoms with E-state index >= 15 is 0 Å². The standard InChI is InChI=1S/C10H9ClF2O/c1-14-10-7(3-2-4-11)5-8(12)6-9(10)13/h2-3,5-6H,4H2,1H3. The van der Waals surface area contributed by atoms with Crippen LogP contribution in [0.2, 0.25) is 0 Å². The van der Waals surface area contributed by atoms with Gasteiger partial charge in [0.05, 0.1) is 7.11 Å². The van der Waals surface area contributed by atoms with Crippen LogP contribution >= 0.6 is 11.6 Å². The van der Waals surface area contributed by atoms with Crippen molar-refractivity contribution >= 4 is 17.7 Å². The Morgan fingerprint density at radius 2 is 2.14 bits per heavy atom. The monoisotopic (exact) mass is 218 g/mol. The van der Waals surface area contributed by atoms with Crippen LogP contribution in [0.15, 0.2) is 18.2 Å². The molecule has 1 rings (SSSR count). The quantitative estimate of drug-likeness (QED) is 0.708. The molecule has 14 heavy (non-hydrogen) atoms. The van der Waals surface area contributed by atoms with Crippen molar-refractivity contribution in [1.29, 1.82) is 0 Å². The van der Waals surface area contributed by atoms with E-state index in [9.17, 15) is 8.78 Å². The summed E-state index contributed by atoms with van der Waals surface area (Å²) in [4.78, 5) is 0. The fourth-order valence-corrected chi connectivity index (χ4v) is 1.18. The molecule has 0 aliphatic heterocycles. The minimum absolute atomic E-state index is 0.0211. The normalized spacial score (nSPS) is 10.9. The molecule has 76 valence electrons. The zero-order valence-corrected chi connectivity index (χ0v) is 8.31. The van der Waals surface area contributed by atoms with Crippen molar-refractivity contribution in [3.63, 3.8) is 0 Å². The van der Waals surface area contributed by atoms with Gasteiger partial charge in [-0.2, -0.15) is 0 Å². The Morgan fingerprint density at radius 1 is 1.43 bits per heavy atom. The third kappa shape index (κ3) is 2.45. The molecular formula is C10H9ClF2O. The highest BCUT2D eigenvalue weighted by Crippen LogP contribution is 2.25. The fourth-order valence-electron chi connectivity index (χ4n) is 1.09. The maximum absolute atomic E-state index is 13.1. The number of allylic oxidation sites excluding steroid dienone is 1. The summed E-state index contributed by atoms with van der Waals surface area (Å²) in [7, 11) is 1.33. The molecule has 0 heterocycles. The van der Waals surface area contributed by atoms with Gasteiger partial charge in [0.25, 0.3) is 0 Å². The predicted octanol–water partition coefficient (Wildman–Crippen LogP) is 3.23. The van der Waals surface area contributed by atoms with Crippen LogP contribution in [0.3, 0.4) is 0 Å². The fraction of sp³-hybridized carbons (Fsp3) is 0.200. The van der Waals surface area contributed by atoms with Gasteiger partial charge >= 0.3 is 0 Å². The second-order valence-electron chi connectivity index (χ2n) is 2.57. The largest absolute Gasteiger partial charge is 0.493 e. The van der Waals surface area contributed by atoms with Gasteiger partial charge < -0.3 is 4.74 Å². The molecule has 0 aromatic heterocycles. The first-order chi connectivity index (χ1) is 6.69. The topological polar surface area (TPSA) is 9.23 Å². The van der Waals surface area contributed by atoms with Crippen LogP contribution in [0.5, 0.6) is 5.75 Å². The molecule has 0 atom stereocenters. The van der Waals surface area contributed by atoms with Gasteiger partial charge in [-0.1, -0.05) is 12.2 Å². The molecule has 0 aliphatic carbocycles. The molecule has 0 N–H and O–H groups in total. The Morgan fingerprint density at radius 3 is 2.71 bits per heavy atom. The average molecular weight is 219 g/mol. The third-order valence-electron chi connectivity index (χ3n) is 1.63. The van der Waals surface area contributed by atoms with Crippen LogP contribution in [0.1, 0.15) is 5.56 Å². The molecule has 1 aromatic rings. The van der Waals surface area contributed by atoms with Crippen molar-refractivity contribution in [3.8, 4) is 5.75 Å². The maximum atomic E-state index is 13.1. The Hall–Kier alpha value is -1.09. The van der Waals surface area contributed by atoms with E-state index < -0.39 is 11.6 Å². The third-order valence-corrected chi connectivity index (χ3v) is 1.81. The molecule has 0 amide bonds. The van der Waals surface area contributed by atoms with Crippen LogP contribution < -0.4 is 4.74 Å². The van der Waals surface area contributed by atoms with Crippen molar-refractivity contribution in [2.45, 2.75) is 0 Å². The van der Waals surface area contributed by atoms with Crippen LogP contribution in [0.25, 0.3) is 6.08 Å². The maximum Gasteiger partial charge on any atom is 0.168 e. The van der Waals surface area contributed by atoms with E-state index in [-0.39, 0.29) is 11.6 Å². The van der Waals surface area contributed by atoms with Crippen molar-refractivity contribution < 1.29 is 13.5 Å². The lowest BCUT2D eigenvalue weighted by Crippen LogP contribution is -1.93. The summed E-state index contributed by atoms with van der Waals surface area (Å²) in [6, 6.07) is 1.96. The summed E-state index contributed by atoms with van der Waals surface area (Å²) in [5.74, 6) is -1.06. The first kappa shape index (κ1) is 11.0. The highest BCUT2D eigenvalue weighted by molar-refractivity contribution is 6.19. The minimum Gasteiger partial charge on any atom is -0.493 e. The Bertz CT molecular complexity index is 350. The van der Waals surface area contributed by atoms with Gasteiger partial charge in [-0.25, -0.2) is 8.78 Å². The van der Waals surface area contributed by atoms with E-state index in [0.29, 0.717) is 5.56 Å². The molecule has 0 unspecified atom stereocenters. The Kier molecular flexibility index (Phi) is 3.89. The van der Waals surface area contributed by atoms with Gasteiger partial charge in [0.1, 0.15) is 5.82 Å². The number of hydrogen-bond acceptors (Lipinski definition) is 1. The molecule has 0 saturated carbocycles. The van der Waals surface area contributed by atoms with Crippen molar-refractivity contribution in [1.82, 2.24) is 0 Å². The summed E-state index contributed by atoms with van der Waals surface area (Å²) in [5.41, 5.74) is 0.339. The van der Waals surface area contributed by atoms with Crippen molar-refractivity contribution in [2.24, 2.45) is 0 Å². The van der Waals surface area contributed by atoms with Crippen LogP contribution in [-0.2, 0) is 0 Å². The number of ether oxygens (including phenoxy) is 1. The number of hydrogen-bond donors (Lipinski definition) is 0. The highest BCUT2D eigenvalue weighted by Gasteiger charge is 2.09. The van der Waals surface area contributed by atoms with E-state index in [2.05, 4.69) is 0 Å². The molecule has 0 aliphatic rings. The second kappa shape index (κ2) is 4.96. The van der Waals surface area contributed by atoms with Gasteiger partial charge in [0.2, 0.25) is 0 Å². The summed E-state index contributed by atoms with van der Waals surface area (Å²) >= 11 is 5.41. The van der Waals surface area contributed by atoms with Gasteiger partial charge in [-0.05, 0) is 6.07 Å². The van der Waals surface area contributed by atoms with E-state index in [0.717, 1.165) is 6.07 Å². The second-order valence-corrected chi connectivity index (χ2v) is 2.88. The SMILES string of the molecule is COc1c(F)cc(F)cc1C=CCCl. The van der Waals surface area contributed by atoms with Crippen molar-refractivity contribution in [2.75, 3.05) is 13.0 Å². The lowest BCUT2D eigenvalue weighted by molar-refractivity contribution is 0.383. The highest BCUT2D eigenvalue weighted by atomic mass is 35.5. The lowest BCUT2D eigenvalue weighted by Gasteiger charge is -2.05. The number of methoxy groups -OCH3 is 1. The van der Waals surface area contributed by atoms with Gasteiger partial charge in [-0.15, -0.1) is 11.6 Å². The van der Waals surface area contributed by atoms with Crippen LogP contribution in [-0.4, -0.2) is 13.0 Å². The number of halogens is 3. The molecule has 0 bridgehead atoms. The van der Waals surface area contributed by atoms with Crippen LogP contribution in [0.4, 0.5) is 8.78 Å². The van der Waals surface area contributed by atoms with Crippen LogP contribution in [0, 0.1) is 11.6 Å². The summed E-state index contributed by atoms with van der Waals surface area (Å²) in [6.07, 6.45) is 3.09. The molecule has 0 spiro atoms. The smallest absolute Gasteiger partial charge is 0.168 e. The Balaban J connectivity index is 3.18. The van der Waals surface area contributed by atoms with E-state index in [4.69, 9.17) is 16.3 Å². The van der Waals surface area contributed by atoms with Gasteiger partial charge in [-0.3, -0.25) is 0 Å². The number of alkyl halides is 1. The molecule has 1 aromatic carbocycles. The predicted molar refractivity (Wildman–Crippen MR) is 52.7 cm³/mol. The minimum atomic E-state index is -0.721. The zero-order valence-electron chi connectivity index (χ0n) is 7.56. The Labute approximate surface area is 85.9 Å². The molecule has 0 fully saturated rings. The zero-order chi connectivity index (χ0) is 10.6. The lowest BCUT2D eigenvalue weighted by atomic mass is 10.1. The van der Waals surface area contributed by atoms with Crippen molar-refractivity contribution in [3.05, 3.63) is 35.4 Å². The number of rotatable bonds is 3. The summed E-state index contributed by atoms with van der Waals surface area (Å²) in [5, 5.41) is 0. The van der Waals surface area contributed by atoms with E-state index in [1.54, 1.807) is 6.08 Å². The summed E-state index contributed by atoms with van der Waals surface area (Å²) < 4.78 is 30.7. The molecule has 0 radical (unpaired) electrons. The van der Waals surface area contributed by atoms with E-state index in [1.807, 2.05) is 0 Å². The summed E-state index contributed by atoms with van der Waals surface area (Å²) in [6.45, 7) is 0. The average Bonchev–Trinajstić information content (AvgIpc) is 2.14. The molecule has 1 nitrogen and oxygen atoms in total.